The Labute approximate surface area is 276 Å². The predicted octanol–water partition coefficient (Wildman–Crippen LogP) is 7.46. The molecule has 1 aromatic rings. The van der Waals surface area contributed by atoms with Gasteiger partial charge in [0.2, 0.25) is 0 Å². The molecule has 1 aromatic carbocycles. The first kappa shape index (κ1) is 31.4. The second-order valence-electron chi connectivity index (χ2n) is 17.3. The summed E-state index contributed by atoms with van der Waals surface area (Å²) in [6, 6.07) is 7.54. The van der Waals surface area contributed by atoms with E-state index in [2.05, 4.69) is 32.6 Å². The summed E-state index contributed by atoms with van der Waals surface area (Å²) in [5, 5.41) is 10.2. The van der Waals surface area contributed by atoms with Gasteiger partial charge in [-0.1, -0.05) is 45.9 Å². The summed E-state index contributed by atoms with van der Waals surface area (Å²) in [4.78, 5) is 17.5. The zero-order valence-electron chi connectivity index (χ0n) is 28.8. The fraction of sp³-hybridized carbons (Fsp3) is 0.821. The normalized spacial score (nSPS) is 47.1. The maximum atomic E-state index is 13.3. The largest absolute Gasteiger partial charge is 0.508 e. The molecule has 4 aliphatic carbocycles. The van der Waals surface area contributed by atoms with E-state index < -0.39 is 0 Å². The Morgan fingerprint density at radius 3 is 2.48 bits per heavy atom. The van der Waals surface area contributed by atoms with E-state index in [4.69, 9.17) is 14.2 Å². The van der Waals surface area contributed by atoms with Crippen molar-refractivity contribution in [2.45, 2.75) is 116 Å². The van der Waals surface area contributed by atoms with E-state index in [1.807, 2.05) is 23.1 Å². The van der Waals surface area contributed by atoms with E-state index in [0.29, 0.717) is 66.0 Å². The van der Waals surface area contributed by atoms with Gasteiger partial charge in [-0.2, -0.15) is 0 Å². The molecule has 7 fully saturated rings. The van der Waals surface area contributed by atoms with Crippen LogP contribution in [0.25, 0.3) is 0 Å². The third-order valence-electron chi connectivity index (χ3n) is 15.2. The van der Waals surface area contributed by atoms with E-state index in [1.54, 1.807) is 6.07 Å². The number of nitrogens with zero attached hydrogens (tertiary/aromatic N) is 2. The van der Waals surface area contributed by atoms with Gasteiger partial charge in [-0.25, -0.2) is 4.79 Å². The van der Waals surface area contributed by atoms with Crippen molar-refractivity contribution in [2.75, 3.05) is 32.8 Å². The summed E-state index contributed by atoms with van der Waals surface area (Å²) in [6.07, 6.45) is 12.3. The van der Waals surface area contributed by atoms with Crippen molar-refractivity contribution in [3.63, 3.8) is 0 Å². The third-order valence-corrected chi connectivity index (χ3v) is 15.2. The van der Waals surface area contributed by atoms with E-state index in [0.717, 1.165) is 62.3 Å². The van der Waals surface area contributed by atoms with Crippen LogP contribution >= 0.6 is 0 Å². The predicted molar refractivity (Wildman–Crippen MR) is 177 cm³/mol. The molecule has 0 bridgehead atoms. The Hall–Kier alpha value is -1.83. The lowest BCUT2D eigenvalue weighted by molar-refractivity contribution is -0.273. The van der Waals surface area contributed by atoms with Crippen LogP contribution in [0.4, 0.5) is 4.79 Å². The van der Waals surface area contributed by atoms with E-state index in [1.165, 1.54) is 44.9 Å². The molecule has 3 heterocycles. The van der Waals surface area contributed by atoms with Crippen LogP contribution in [0.5, 0.6) is 5.75 Å². The van der Waals surface area contributed by atoms with Crippen molar-refractivity contribution >= 4 is 6.09 Å². The van der Waals surface area contributed by atoms with Crippen molar-refractivity contribution in [2.24, 2.45) is 52.3 Å². The molecule has 3 aliphatic heterocycles. The molecular formula is C39H58N2O5. The standard InChI is InChI=1S/C39H58N2O5/c1-25-11-16-39(44-24-25)26(2)35-34(46-39)22-32-30-10-9-28-21-29(12-14-37(28,3)31(30)13-15-38(32,35)4)45-36(43)41-19-17-40(18-20-41)23-27-7-5-6-8-33(27)42/h5-8,25-26,28-32,34-35,42H,9-24H2,1-4H3/t25-,26+,28-,29+,30-,31+,32+,34+,35+,37+,38+,39-/m1/s1. The fourth-order valence-electron chi connectivity index (χ4n) is 12.5. The summed E-state index contributed by atoms with van der Waals surface area (Å²) in [7, 11) is 0. The van der Waals surface area contributed by atoms with Crippen molar-refractivity contribution in [3.8, 4) is 5.75 Å². The summed E-state index contributed by atoms with van der Waals surface area (Å²) in [5.41, 5.74) is 1.66. The molecule has 0 aromatic heterocycles. The number of hydrogen-bond donors (Lipinski definition) is 1. The average molecular weight is 635 g/mol. The molecule has 7 heteroatoms. The quantitative estimate of drug-likeness (QED) is 0.372. The van der Waals surface area contributed by atoms with Crippen molar-refractivity contribution in [1.82, 2.24) is 9.80 Å². The molecule has 7 nitrogen and oxygen atoms in total. The summed E-state index contributed by atoms with van der Waals surface area (Å²) < 4.78 is 19.8. The molecule has 1 amide bonds. The lowest BCUT2D eigenvalue weighted by Crippen LogP contribution is -2.55. The minimum absolute atomic E-state index is 0.0461. The lowest BCUT2D eigenvalue weighted by Gasteiger charge is -2.61. The highest BCUT2D eigenvalue weighted by atomic mass is 16.7. The lowest BCUT2D eigenvalue weighted by atomic mass is 9.44. The van der Waals surface area contributed by atoms with Crippen LogP contribution in [0.2, 0.25) is 0 Å². The minimum Gasteiger partial charge on any atom is -0.508 e. The van der Waals surface area contributed by atoms with Crippen LogP contribution in [-0.2, 0) is 20.8 Å². The van der Waals surface area contributed by atoms with Crippen LogP contribution in [0.1, 0.15) is 97.5 Å². The maximum Gasteiger partial charge on any atom is 0.410 e. The summed E-state index contributed by atoms with van der Waals surface area (Å²) in [5.74, 6) is 4.77. The molecule has 7 aliphatic rings. The number of hydrogen-bond acceptors (Lipinski definition) is 6. The second kappa shape index (κ2) is 11.7. The molecule has 1 spiro atoms. The summed E-state index contributed by atoms with van der Waals surface area (Å²) in [6.45, 7) is 14.5. The van der Waals surface area contributed by atoms with E-state index in [-0.39, 0.29) is 18.0 Å². The van der Waals surface area contributed by atoms with E-state index in [9.17, 15) is 9.90 Å². The number of amides is 1. The van der Waals surface area contributed by atoms with Crippen LogP contribution < -0.4 is 0 Å². The Morgan fingerprint density at radius 2 is 1.72 bits per heavy atom. The Balaban J connectivity index is 0.864. The highest BCUT2D eigenvalue weighted by Gasteiger charge is 2.69. The molecule has 0 radical (unpaired) electrons. The van der Waals surface area contributed by atoms with Crippen LogP contribution in [0.3, 0.4) is 0 Å². The number of para-hydroxylation sites is 1. The topological polar surface area (TPSA) is 71.5 Å². The van der Waals surface area contributed by atoms with Crippen LogP contribution in [0.15, 0.2) is 24.3 Å². The second-order valence-corrected chi connectivity index (χ2v) is 17.3. The number of benzene rings is 1. The minimum atomic E-state index is -0.328. The average Bonchev–Trinajstić information content (AvgIpc) is 3.49. The van der Waals surface area contributed by atoms with Gasteiger partial charge in [-0.3, -0.25) is 4.90 Å². The monoisotopic (exact) mass is 634 g/mol. The van der Waals surface area contributed by atoms with Crippen molar-refractivity contribution < 1.29 is 24.1 Å². The van der Waals surface area contributed by atoms with Crippen LogP contribution in [-0.4, -0.2) is 71.8 Å². The number of phenols is 1. The molecule has 1 N–H and O–H groups in total. The number of rotatable bonds is 3. The molecule has 12 atom stereocenters. The number of piperazine rings is 1. The fourth-order valence-corrected chi connectivity index (χ4v) is 12.5. The molecule has 8 rings (SSSR count). The first-order valence-corrected chi connectivity index (χ1v) is 18.9. The molecule has 254 valence electrons. The highest BCUT2D eigenvalue weighted by Crippen LogP contribution is 2.71. The number of fused-ring (bicyclic) bond motifs is 7. The van der Waals surface area contributed by atoms with Gasteiger partial charge in [-0.05, 0) is 110 Å². The molecule has 0 unspecified atom stereocenters. The number of carbonyl (C=O) groups is 1. The smallest absolute Gasteiger partial charge is 0.410 e. The van der Waals surface area contributed by atoms with Gasteiger partial charge in [0, 0.05) is 50.6 Å². The van der Waals surface area contributed by atoms with Gasteiger partial charge in [0.25, 0.3) is 0 Å². The SMILES string of the molecule is C[C@@H]1CC[C@@]2(OC1)O[C@H]1C[C@H]3[C@@H]4CC[C@@H]5C[C@@H](OC(=O)N6CCN(Cc7ccccc7O)CC6)CC[C@]5(C)[C@H]4CC[C@]3(C)[C@H]1[C@@H]2C. The van der Waals surface area contributed by atoms with Gasteiger partial charge in [-0.15, -0.1) is 0 Å². The third kappa shape index (κ3) is 5.03. The van der Waals surface area contributed by atoms with Crippen molar-refractivity contribution in [1.29, 1.82) is 0 Å². The van der Waals surface area contributed by atoms with Gasteiger partial charge >= 0.3 is 6.09 Å². The van der Waals surface area contributed by atoms with Gasteiger partial charge in [0.05, 0.1) is 12.7 Å². The maximum absolute atomic E-state index is 13.3. The molecule has 4 saturated carbocycles. The number of ether oxygens (including phenoxy) is 3. The van der Waals surface area contributed by atoms with Gasteiger partial charge < -0.3 is 24.2 Å². The first-order valence-electron chi connectivity index (χ1n) is 18.9. The summed E-state index contributed by atoms with van der Waals surface area (Å²) >= 11 is 0. The first-order chi connectivity index (χ1) is 22.1. The Kier molecular flexibility index (Phi) is 7.96. The molecular weight excluding hydrogens is 576 g/mol. The number of aromatic hydroxyl groups is 1. The zero-order chi connectivity index (χ0) is 31.8. The van der Waals surface area contributed by atoms with Crippen molar-refractivity contribution in [3.05, 3.63) is 29.8 Å². The Morgan fingerprint density at radius 1 is 0.935 bits per heavy atom. The number of carbonyl (C=O) groups excluding carboxylic acids is 1. The van der Waals surface area contributed by atoms with E-state index >= 15 is 0 Å². The Bertz CT molecular complexity index is 1290. The zero-order valence-corrected chi connectivity index (χ0v) is 28.8. The molecule has 46 heavy (non-hydrogen) atoms. The van der Waals surface area contributed by atoms with Gasteiger partial charge in [0.15, 0.2) is 5.79 Å². The molecule has 3 saturated heterocycles. The van der Waals surface area contributed by atoms with Gasteiger partial charge in [0.1, 0.15) is 11.9 Å². The highest BCUT2D eigenvalue weighted by molar-refractivity contribution is 5.68. The number of phenolic OH excluding ortho intramolecular Hbond substituents is 1. The van der Waals surface area contributed by atoms with Crippen LogP contribution in [0, 0.1) is 52.3 Å².